The van der Waals surface area contributed by atoms with Gasteiger partial charge in [0, 0.05) is 0 Å². The first kappa shape index (κ1) is 7.10. The third-order valence-corrected chi connectivity index (χ3v) is 3.32. The van der Waals surface area contributed by atoms with Crippen LogP contribution in [0.3, 0.4) is 0 Å². The van der Waals surface area contributed by atoms with Gasteiger partial charge in [0.1, 0.15) is 6.04 Å². The predicted octanol–water partition coefficient (Wildman–Crippen LogP) is 0.315. The van der Waals surface area contributed by atoms with Crippen LogP contribution in [0, 0.1) is 17.3 Å². The van der Waals surface area contributed by atoms with Crippen LogP contribution in [0.25, 0.3) is 0 Å². The standard InChI is InChI=1S/C8H13NO2/c1-8(2)4-3-9-6(5(4)8)7(10)11/h4-6,9H,3H2,1-2H3,(H,10,11)/t4?,5-,6?/m0/s1. The zero-order valence-corrected chi connectivity index (χ0v) is 6.79. The van der Waals surface area contributed by atoms with Gasteiger partial charge in [-0.25, -0.2) is 0 Å². The Hall–Kier alpha value is -0.570. The molecule has 1 aliphatic carbocycles. The molecular weight excluding hydrogens is 142 g/mol. The number of hydrogen-bond donors (Lipinski definition) is 2. The van der Waals surface area contributed by atoms with Crippen LogP contribution in [0.2, 0.25) is 0 Å². The largest absolute Gasteiger partial charge is 0.480 e. The van der Waals surface area contributed by atoms with E-state index >= 15 is 0 Å². The van der Waals surface area contributed by atoms with E-state index in [1.54, 1.807) is 0 Å². The van der Waals surface area contributed by atoms with Crippen molar-refractivity contribution in [2.75, 3.05) is 6.54 Å². The summed E-state index contributed by atoms with van der Waals surface area (Å²) in [5.74, 6) is 0.284. The van der Waals surface area contributed by atoms with Crippen LogP contribution in [0.5, 0.6) is 0 Å². The number of carboxylic acid groups (broad SMARTS) is 1. The lowest BCUT2D eigenvalue weighted by Gasteiger charge is -2.14. The zero-order chi connectivity index (χ0) is 8.22. The Bertz CT molecular complexity index is 212. The van der Waals surface area contributed by atoms with Gasteiger partial charge in [-0.15, -0.1) is 0 Å². The van der Waals surface area contributed by atoms with Crippen molar-refractivity contribution < 1.29 is 9.90 Å². The number of aliphatic carboxylic acids is 1. The van der Waals surface area contributed by atoms with Gasteiger partial charge < -0.3 is 10.4 Å². The smallest absolute Gasteiger partial charge is 0.321 e. The van der Waals surface area contributed by atoms with Gasteiger partial charge in [0.2, 0.25) is 0 Å². The molecule has 0 aromatic rings. The Morgan fingerprint density at radius 1 is 1.64 bits per heavy atom. The highest BCUT2D eigenvalue weighted by Gasteiger charge is 2.65. The highest BCUT2D eigenvalue weighted by atomic mass is 16.4. The van der Waals surface area contributed by atoms with E-state index in [2.05, 4.69) is 19.2 Å². The minimum atomic E-state index is -0.692. The molecule has 2 N–H and O–H groups in total. The molecule has 3 nitrogen and oxygen atoms in total. The van der Waals surface area contributed by atoms with E-state index in [9.17, 15) is 4.79 Å². The van der Waals surface area contributed by atoms with Crippen LogP contribution in [0.4, 0.5) is 0 Å². The maximum Gasteiger partial charge on any atom is 0.321 e. The van der Waals surface area contributed by atoms with E-state index in [-0.39, 0.29) is 11.5 Å². The van der Waals surface area contributed by atoms with Crippen LogP contribution in [-0.4, -0.2) is 23.7 Å². The molecule has 11 heavy (non-hydrogen) atoms. The van der Waals surface area contributed by atoms with Gasteiger partial charge in [-0.1, -0.05) is 13.8 Å². The molecular formula is C8H13NO2. The molecule has 0 amide bonds. The molecule has 0 radical (unpaired) electrons. The molecule has 2 aliphatic rings. The molecule has 1 aliphatic heterocycles. The van der Waals surface area contributed by atoms with Crippen molar-refractivity contribution in [1.29, 1.82) is 0 Å². The van der Waals surface area contributed by atoms with Crippen LogP contribution in [0.15, 0.2) is 0 Å². The van der Waals surface area contributed by atoms with E-state index in [0.29, 0.717) is 11.8 Å². The summed E-state index contributed by atoms with van der Waals surface area (Å²) in [5, 5.41) is 11.8. The third kappa shape index (κ3) is 0.745. The van der Waals surface area contributed by atoms with Crippen molar-refractivity contribution in [3.63, 3.8) is 0 Å². The number of carbonyl (C=O) groups is 1. The summed E-state index contributed by atoms with van der Waals surface area (Å²) in [5.41, 5.74) is 0.272. The first-order valence-corrected chi connectivity index (χ1v) is 4.01. The fourth-order valence-electron chi connectivity index (χ4n) is 2.46. The van der Waals surface area contributed by atoms with Crippen molar-refractivity contribution in [2.24, 2.45) is 17.3 Å². The van der Waals surface area contributed by atoms with Crippen molar-refractivity contribution >= 4 is 5.97 Å². The molecule has 0 spiro atoms. The van der Waals surface area contributed by atoms with E-state index in [0.717, 1.165) is 6.54 Å². The minimum absolute atomic E-state index is 0.272. The molecule has 2 unspecified atom stereocenters. The maximum absolute atomic E-state index is 10.7. The lowest BCUT2D eigenvalue weighted by molar-refractivity contribution is -0.139. The fraction of sp³-hybridized carbons (Fsp3) is 0.875. The summed E-state index contributed by atoms with van der Waals surface area (Å²) in [6.45, 7) is 5.19. The zero-order valence-electron chi connectivity index (χ0n) is 6.79. The van der Waals surface area contributed by atoms with E-state index < -0.39 is 5.97 Å². The summed E-state index contributed by atoms with van der Waals surface area (Å²) in [6, 6.07) is -0.282. The lowest BCUT2D eigenvalue weighted by Crippen LogP contribution is -2.37. The Kier molecular flexibility index (Phi) is 1.15. The molecule has 2 rings (SSSR count). The topological polar surface area (TPSA) is 49.3 Å². The van der Waals surface area contributed by atoms with Crippen LogP contribution >= 0.6 is 0 Å². The summed E-state index contributed by atoms with van der Waals surface area (Å²) in [6.07, 6.45) is 0. The molecule has 0 aromatic carbocycles. The van der Waals surface area contributed by atoms with Crippen LogP contribution in [0.1, 0.15) is 13.8 Å². The normalized spacial score (nSPS) is 45.1. The quantitative estimate of drug-likeness (QED) is 0.573. The van der Waals surface area contributed by atoms with Gasteiger partial charge in [-0.3, -0.25) is 4.79 Å². The van der Waals surface area contributed by atoms with Crippen molar-refractivity contribution in [2.45, 2.75) is 19.9 Å². The molecule has 1 saturated heterocycles. The van der Waals surface area contributed by atoms with Gasteiger partial charge >= 0.3 is 5.97 Å². The van der Waals surface area contributed by atoms with Crippen molar-refractivity contribution in [3.8, 4) is 0 Å². The summed E-state index contributed by atoms with van der Waals surface area (Å²) >= 11 is 0. The van der Waals surface area contributed by atoms with Crippen molar-refractivity contribution in [3.05, 3.63) is 0 Å². The monoisotopic (exact) mass is 155 g/mol. The number of rotatable bonds is 1. The Balaban J connectivity index is 2.13. The third-order valence-electron chi connectivity index (χ3n) is 3.32. The average molecular weight is 155 g/mol. The molecule has 3 heteroatoms. The van der Waals surface area contributed by atoms with Gasteiger partial charge in [0.15, 0.2) is 0 Å². The van der Waals surface area contributed by atoms with Gasteiger partial charge in [0.05, 0.1) is 0 Å². The number of piperidine rings is 1. The molecule has 62 valence electrons. The molecule has 2 fully saturated rings. The fourth-order valence-corrected chi connectivity index (χ4v) is 2.46. The molecule has 1 saturated carbocycles. The first-order chi connectivity index (χ1) is 5.05. The van der Waals surface area contributed by atoms with E-state index in [1.807, 2.05) is 0 Å². The second-order valence-electron chi connectivity index (χ2n) is 4.18. The van der Waals surface area contributed by atoms with E-state index in [4.69, 9.17) is 5.11 Å². The SMILES string of the molecule is CC1(C)C2CNC(C(=O)O)[C@H]21. The summed E-state index contributed by atoms with van der Waals surface area (Å²) in [4.78, 5) is 10.7. The first-order valence-electron chi connectivity index (χ1n) is 4.01. The maximum atomic E-state index is 10.7. The van der Waals surface area contributed by atoms with Crippen LogP contribution in [-0.2, 0) is 4.79 Å². The van der Waals surface area contributed by atoms with E-state index in [1.165, 1.54) is 0 Å². The molecule has 3 atom stereocenters. The minimum Gasteiger partial charge on any atom is -0.480 e. The Morgan fingerprint density at radius 3 is 2.55 bits per heavy atom. The molecule has 1 heterocycles. The summed E-state index contributed by atoms with van der Waals surface area (Å²) in [7, 11) is 0. The van der Waals surface area contributed by atoms with Gasteiger partial charge in [-0.2, -0.15) is 0 Å². The Labute approximate surface area is 65.8 Å². The summed E-state index contributed by atoms with van der Waals surface area (Å²) < 4.78 is 0. The average Bonchev–Trinajstić information content (AvgIpc) is 2.34. The number of fused-ring (bicyclic) bond motifs is 1. The molecule has 0 aromatic heterocycles. The molecule has 0 bridgehead atoms. The predicted molar refractivity (Wildman–Crippen MR) is 40.2 cm³/mol. The number of hydrogen-bond acceptors (Lipinski definition) is 2. The number of carboxylic acids is 1. The van der Waals surface area contributed by atoms with Crippen LogP contribution < -0.4 is 5.32 Å². The second kappa shape index (κ2) is 1.78. The van der Waals surface area contributed by atoms with Gasteiger partial charge in [0.25, 0.3) is 0 Å². The van der Waals surface area contributed by atoms with Gasteiger partial charge in [-0.05, 0) is 23.8 Å². The highest BCUT2D eigenvalue weighted by Crippen LogP contribution is 2.62. The number of nitrogens with one attached hydrogen (secondary N) is 1. The highest BCUT2D eigenvalue weighted by molar-refractivity contribution is 5.75. The van der Waals surface area contributed by atoms with Crippen molar-refractivity contribution in [1.82, 2.24) is 5.32 Å². The second-order valence-corrected chi connectivity index (χ2v) is 4.18. The lowest BCUT2D eigenvalue weighted by atomic mass is 10.0. The Morgan fingerprint density at radius 2 is 2.27 bits per heavy atom.